The van der Waals surface area contributed by atoms with Gasteiger partial charge in [0.15, 0.2) is 6.61 Å². The minimum absolute atomic E-state index is 0.262. The number of alkyl carbamates (subject to hydrolysis) is 1. The van der Waals surface area contributed by atoms with Crippen molar-refractivity contribution in [1.29, 1.82) is 0 Å². The Balaban J connectivity index is 1.62. The van der Waals surface area contributed by atoms with Gasteiger partial charge in [0, 0.05) is 37.1 Å². The molecule has 1 saturated heterocycles. The lowest BCUT2D eigenvalue weighted by Gasteiger charge is -2.31. The highest BCUT2D eigenvalue weighted by Crippen LogP contribution is 2.20. The number of likely N-dealkylation sites (N-methyl/N-ethyl adjacent to an activating group) is 1. The summed E-state index contributed by atoms with van der Waals surface area (Å²) in [6.07, 6.45) is 2.21. The van der Waals surface area contributed by atoms with E-state index in [4.69, 9.17) is 27.9 Å². The Morgan fingerprint density at radius 1 is 1.29 bits per heavy atom. The third-order valence-corrected chi connectivity index (χ3v) is 5.12. The van der Waals surface area contributed by atoms with Gasteiger partial charge >= 0.3 is 6.09 Å². The van der Waals surface area contributed by atoms with E-state index in [-0.39, 0.29) is 12.5 Å². The van der Waals surface area contributed by atoms with Crippen molar-refractivity contribution in [2.24, 2.45) is 5.92 Å². The summed E-state index contributed by atoms with van der Waals surface area (Å²) < 4.78 is 4.82. The maximum Gasteiger partial charge on any atom is 0.407 e. The van der Waals surface area contributed by atoms with Gasteiger partial charge in [-0.1, -0.05) is 35.0 Å². The van der Waals surface area contributed by atoms with Gasteiger partial charge in [0.1, 0.15) is 0 Å². The van der Waals surface area contributed by atoms with Crippen LogP contribution in [0.5, 0.6) is 0 Å². The molecule has 8 heteroatoms. The van der Waals surface area contributed by atoms with Crippen LogP contribution in [0.15, 0.2) is 18.2 Å². The smallest absolute Gasteiger partial charge is 0.407 e. The molecule has 0 radical (unpaired) electrons. The van der Waals surface area contributed by atoms with E-state index in [0.717, 1.165) is 44.5 Å². The Labute approximate surface area is 175 Å². The van der Waals surface area contributed by atoms with Crippen molar-refractivity contribution in [2.75, 3.05) is 39.8 Å². The normalized spacial score (nSPS) is 14.7. The monoisotopic (exact) mass is 425 g/mol. The number of carbonyl (C=O) groups excluding carboxylic acids is 2. The molecule has 0 saturated carbocycles. The van der Waals surface area contributed by atoms with Crippen molar-refractivity contribution in [3.05, 3.63) is 33.8 Å². The van der Waals surface area contributed by atoms with Crippen LogP contribution in [0.25, 0.3) is 0 Å². The molecule has 6 nitrogen and oxygen atoms in total. The number of piperidine rings is 1. The number of hydrogen-bond donors (Lipinski definition) is 2. The highest BCUT2D eigenvalue weighted by molar-refractivity contribution is 6.33. The zero-order valence-corrected chi connectivity index (χ0v) is 17.4. The molecule has 1 aromatic carbocycles. The molecule has 2 amide bonds. The van der Waals surface area contributed by atoms with E-state index in [2.05, 4.69) is 27.4 Å². The van der Waals surface area contributed by atoms with Crippen molar-refractivity contribution in [3.63, 3.8) is 0 Å². The first-order valence-corrected chi connectivity index (χ1v) is 10.0. The summed E-state index contributed by atoms with van der Waals surface area (Å²) in [4.78, 5) is 25.0. The highest BCUT2D eigenvalue weighted by atomic mass is 35.5. The van der Waals surface area contributed by atoms with Crippen molar-refractivity contribution >= 4 is 35.2 Å². The van der Waals surface area contributed by atoms with Crippen molar-refractivity contribution in [1.82, 2.24) is 15.5 Å². The van der Waals surface area contributed by atoms with Gasteiger partial charge in [0.25, 0.3) is 5.91 Å². The van der Waals surface area contributed by atoms with Gasteiger partial charge in [0.2, 0.25) is 0 Å². The maximum atomic E-state index is 11.6. The fourth-order valence-electron chi connectivity index (χ4n) is 2.86. The molecular formula is C20H25Cl2N3O3. The predicted molar refractivity (Wildman–Crippen MR) is 111 cm³/mol. The molecule has 1 aliphatic heterocycles. The van der Waals surface area contributed by atoms with E-state index in [1.54, 1.807) is 18.2 Å². The largest absolute Gasteiger partial charge is 0.439 e. The minimum atomic E-state index is -0.555. The molecule has 1 aromatic rings. The van der Waals surface area contributed by atoms with E-state index in [1.807, 2.05) is 0 Å². The lowest BCUT2D eigenvalue weighted by molar-refractivity contribution is -0.123. The number of ether oxygens (including phenoxy) is 1. The Hall–Kier alpha value is -1.94. The summed E-state index contributed by atoms with van der Waals surface area (Å²) in [5.41, 5.74) is 0.752. The quantitative estimate of drug-likeness (QED) is 0.687. The number of rotatable bonds is 6. The number of amides is 2. The average Bonchev–Trinajstić information content (AvgIpc) is 2.71. The molecule has 2 rings (SSSR count). The molecule has 28 heavy (non-hydrogen) atoms. The number of hydrogen-bond acceptors (Lipinski definition) is 4. The van der Waals surface area contributed by atoms with Crippen LogP contribution in [-0.4, -0.2) is 56.7 Å². The highest BCUT2D eigenvalue weighted by Gasteiger charge is 2.19. The molecule has 0 bridgehead atoms. The first kappa shape index (κ1) is 22.4. The first-order valence-electron chi connectivity index (χ1n) is 9.25. The molecule has 0 atom stereocenters. The number of benzene rings is 1. The standard InChI is InChI=1S/C20H25Cl2N3O3/c1-23-19(26)14-28-20(27)24-13-15-7-10-25(11-8-15)9-3-2-4-16-12-17(21)5-6-18(16)22/h5-6,12,15H,3,7-11,13-14H2,1H3,(H,23,26)(H,24,27). The van der Waals surface area contributed by atoms with E-state index < -0.39 is 6.09 Å². The van der Waals surface area contributed by atoms with E-state index in [9.17, 15) is 9.59 Å². The molecule has 0 aromatic heterocycles. The Kier molecular flexibility index (Phi) is 9.42. The van der Waals surface area contributed by atoms with Gasteiger partial charge < -0.3 is 20.3 Å². The summed E-state index contributed by atoms with van der Waals surface area (Å²) in [5.74, 6) is 6.32. The molecule has 152 valence electrons. The van der Waals surface area contributed by atoms with E-state index in [1.165, 1.54) is 7.05 Å². The third-order valence-electron chi connectivity index (χ3n) is 4.56. The number of nitrogens with zero attached hydrogens (tertiary/aromatic N) is 1. The second-order valence-electron chi connectivity index (χ2n) is 6.59. The Morgan fingerprint density at radius 3 is 2.75 bits per heavy atom. The van der Waals surface area contributed by atoms with Crippen LogP contribution in [0.3, 0.4) is 0 Å². The topological polar surface area (TPSA) is 70.7 Å². The average molecular weight is 426 g/mol. The number of carbonyl (C=O) groups is 2. The van der Waals surface area contributed by atoms with Gasteiger partial charge in [-0.25, -0.2) is 4.79 Å². The second-order valence-corrected chi connectivity index (χ2v) is 7.43. The Bertz CT molecular complexity index is 738. The fourth-order valence-corrected chi connectivity index (χ4v) is 3.20. The van der Waals surface area contributed by atoms with Crippen LogP contribution in [-0.2, 0) is 9.53 Å². The molecule has 1 fully saturated rings. The first-order chi connectivity index (χ1) is 13.5. The third kappa shape index (κ3) is 7.97. The maximum absolute atomic E-state index is 11.6. The van der Waals surface area contributed by atoms with E-state index in [0.29, 0.717) is 22.5 Å². The zero-order valence-electron chi connectivity index (χ0n) is 15.9. The predicted octanol–water partition coefficient (Wildman–Crippen LogP) is 2.92. The van der Waals surface area contributed by atoms with Crippen LogP contribution < -0.4 is 10.6 Å². The Morgan fingerprint density at radius 2 is 2.04 bits per heavy atom. The molecule has 0 unspecified atom stereocenters. The SMILES string of the molecule is CNC(=O)COC(=O)NCC1CCN(CCC#Cc2cc(Cl)ccc2Cl)CC1. The van der Waals surface area contributed by atoms with Crippen molar-refractivity contribution in [2.45, 2.75) is 19.3 Å². The molecule has 1 aliphatic rings. The van der Waals surface area contributed by atoms with Gasteiger partial charge in [-0.3, -0.25) is 4.79 Å². The second kappa shape index (κ2) is 11.8. The van der Waals surface area contributed by atoms with Crippen LogP contribution in [0.4, 0.5) is 4.79 Å². The van der Waals surface area contributed by atoms with Crippen LogP contribution in [0, 0.1) is 17.8 Å². The zero-order chi connectivity index (χ0) is 20.4. The van der Waals surface area contributed by atoms with Gasteiger partial charge in [0.05, 0.1) is 5.02 Å². The summed E-state index contributed by atoms with van der Waals surface area (Å²) in [6, 6.07) is 5.27. The van der Waals surface area contributed by atoms with Gasteiger partial charge in [-0.15, -0.1) is 0 Å². The van der Waals surface area contributed by atoms with Crippen molar-refractivity contribution < 1.29 is 14.3 Å². The molecule has 1 heterocycles. The summed E-state index contributed by atoms with van der Waals surface area (Å²) in [5, 5.41) is 6.35. The van der Waals surface area contributed by atoms with E-state index >= 15 is 0 Å². The van der Waals surface area contributed by atoms with Crippen molar-refractivity contribution in [3.8, 4) is 11.8 Å². The minimum Gasteiger partial charge on any atom is -0.439 e. The molecule has 0 aliphatic carbocycles. The molecule has 0 spiro atoms. The number of halogens is 2. The lowest BCUT2D eigenvalue weighted by atomic mass is 9.97. The van der Waals surface area contributed by atoms with Gasteiger partial charge in [-0.05, 0) is 50.0 Å². The number of likely N-dealkylation sites (tertiary alicyclic amines) is 1. The summed E-state index contributed by atoms with van der Waals surface area (Å²) >= 11 is 12.1. The summed E-state index contributed by atoms with van der Waals surface area (Å²) in [7, 11) is 1.50. The lowest BCUT2D eigenvalue weighted by Crippen LogP contribution is -2.39. The van der Waals surface area contributed by atoms with Gasteiger partial charge in [-0.2, -0.15) is 0 Å². The fraction of sp³-hybridized carbons (Fsp3) is 0.500. The molecular weight excluding hydrogens is 401 g/mol. The molecule has 2 N–H and O–H groups in total. The number of nitrogens with one attached hydrogen (secondary N) is 2. The summed E-state index contributed by atoms with van der Waals surface area (Å²) in [6.45, 7) is 3.15. The van der Waals surface area contributed by atoms with Crippen LogP contribution in [0.2, 0.25) is 10.0 Å². The van der Waals surface area contributed by atoms with Crippen LogP contribution >= 0.6 is 23.2 Å². The van der Waals surface area contributed by atoms with Crippen LogP contribution in [0.1, 0.15) is 24.8 Å².